The topological polar surface area (TPSA) is 44.4 Å². The Labute approximate surface area is 152 Å². The van der Waals surface area contributed by atoms with Gasteiger partial charge in [-0.3, -0.25) is 9.69 Å². The lowest BCUT2D eigenvalue weighted by Gasteiger charge is -2.27. The summed E-state index contributed by atoms with van der Waals surface area (Å²) >= 11 is 0. The molecule has 2 fully saturated rings. The van der Waals surface area contributed by atoms with E-state index in [9.17, 15) is 4.79 Å². The predicted octanol–water partition coefficient (Wildman–Crippen LogP) is 3.07. The van der Waals surface area contributed by atoms with Gasteiger partial charge in [-0.05, 0) is 75.3 Å². The summed E-state index contributed by atoms with van der Waals surface area (Å²) in [5.74, 6) is 0.921. The van der Waals surface area contributed by atoms with Gasteiger partial charge in [-0.1, -0.05) is 30.7 Å². The highest BCUT2D eigenvalue weighted by Gasteiger charge is 2.15. The SMILES string of the molecule is O=C(CCC1CCNCC1)NCc1ccccc1CN1CCCCC1. The lowest BCUT2D eigenvalue weighted by molar-refractivity contribution is -0.121. The molecule has 0 aliphatic carbocycles. The van der Waals surface area contributed by atoms with Gasteiger partial charge in [0.05, 0.1) is 0 Å². The Balaban J connectivity index is 1.44. The third-order valence-corrected chi connectivity index (χ3v) is 5.68. The van der Waals surface area contributed by atoms with Crippen LogP contribution in [0.3, 0.4) is 0 Å². The molecule has 4 heteroatoms. The van der Waals surface area contributed by atoms with E-state index in [1.807, 2.05) is 0 Å². The van der Waals surface area contributed by atoms with Crippen molar-refractivity contribution in [3.63, 3.8) is 0 Å². The molecule has 0 radical (unpaired) electrons. The fourth-order valence-electron chi connectivity index (χ4n) is 4.03. The summed E-state index contributed by atoms with van der Waals surface area (Å²) in [5, 5.41) is 6.53. The first-order valence-corrected chi connectivity index (χ1v) is 10.1. The van der Waals surface area contributed by atoms with Crippen LogP contribution in [0.2, 0.25) is 0 Å². The minimum absolute atomic E-state index is 0.200. The normalized spacial score (nSPS) is 19.7. The van der Waals surface area contributed by atoms with Crippen LogP contribution in [-0.4, -0.2) is 37.0 Å². The van der Waals surface area contributed by atoms with Crippen molar-refractivity contribution in [2.24, 2.45) is 5.92 Å². The van der Waals surface area contributed by atoms with Crippen molar-refractivity contribution in [1.29, 1.82) is 0 Å². The lowest BCUT2D eigenvalue weighted by Crippen LogP contribution is -2.30. The van der Waals surface area contributed by atoms with Crippen LogP contribution < -0.4 is 10.6 Å². The molecule has 0 atom stereocenters. The Morgan fingerprint density at radius 2 is 1.80 bits per heavy atom. The number of hydrogen-bond acceptors (Lipinski definition) is 3. The zero-order chi connectivity index (χ0) is 17.3. The molecule has 4 nitrogen and oxygen atoms in total. The lowest BCUT2D eigenvalue weighted by atomic mass is 9.93. The minimum Gasteiger partial charge on any atom is -0.352 e. The van der Waals surface area contributed by atoms with Gasteiger partial charge in [0.15, 0.2) is 0 Å². The van der Waals surface area contributed by atoms with Gasteiger partial charge in [0.1, 0.15) is 0 Å². The molecular formula is C21H33N3O. The molecule has 138 valence electrons. The van der Waals surface area contributed by atoms with Gasteiger partial charge in [-0.2, -0.15) is 0 Å². The number of carbonyl (C=O) groups is 1. The molecule has 1 amide bonds. The monoisotopic (exact) mass is 343 g/mol. The van der Waals surface area contributed by atoms with Gasteiger partial charge >= 0.3 is 0 Å². The van der Waals surface area contributed by atoms with Crippen LogP contribution in [0.5, 0.6) is 0 Å². The Hall–Kier alpha value is -1.39. The van der Waals surface area contributed by atoms with Crippen molar-refractivity contribution in [2.75, 3.05) is 26.2 Å². The number of carbonyl (C=O) groups excluding carboxylic acids is 1. The van der Waals surface area contributed by atoms with Gasteiger partial charge in [0.25, 0.3) is 0 Å². The van der Waals surface area contributed by atoms with Gasteiger partial charge in [-0.25, -0.2) is 0 Å². The molecular weight excluding hydrogens is 310 g/mol. The van der Waals surface area contributed by atoms with Crippen molar-refractivity contribution >= 4 is 5.91 Å². The average Bonchev–Trinajstić information content (AvgIpc) is 2.67. The predicted molar refractivity (Wildman–Crippen MR) is 102 cm³/mol. The van der Waals surface area contributed by atoms with Crippen molar-refractivity contribution in [3.8, 4) is 0 Å². The largest absolute Gasteiger partial charge is 0.352 e. The molecule has 2 N–H and O–H groups in total. The second-order valence-corrected chi connectivity index (χ2v) is 7.61. The molecule has 0 aromatic heterocycles. The molecule has 2 aliphatic rings. The van der Waals surface area contributed by atoms with E-state index in [1.54, 1.807) is 0 Å². The van der Waals surface area contributed by atoms with Crippen LogP contribution in [0.1, 0.15) is 56.1 Å². The van der Waals surface area contributed by atoms with E-state index in [0.717, 1.165) is 32.0 Å². The van der Waals surface area contributed by atoms with Crippen molar-refractivity contribution in [1.82, 2.24) is 15.5 Å². The quantitative estimate of drug-likeness (QED) is 0.800. The molecule has 3 rings (SSSR count). The first-order chi connectivity index (χ1) is 12.3. The van der Waals surface area contributed by atoms with E-state index in [1.165, 1.54) is 56.3 Å². The minimum atomic E-state index is 0.200. The van der Waals surface area contributed by atoms with Gasteiger partial charge in [0, 0.05) is 19.5 Å². The molecule has 0 spiro atoms. The van der Waals surface area contributed by atoms with Crippen LogP contribution >= 0.6 is 0 Å². The van der Waals surface area contributed by atoms with Crippen LogP contribution in [-0.2, 0) is 17.9 Å². The number of piperidine rings is 2. The van der Waals surface area contributed by atoms with Crippen LogP contribution in [0.4, 0.5) is 0 Å². The molecule has 2 saturated heterocycles. The van der Waals surface area contributed by atoms with Crippen LogP contribution in [0.15, 0.2) is 24.3 Å². The van der Waals surface area contributed by atoms with E-state index in [4.69, 9.17) is 0 Å². The molecule has 2 heterocycles. The first-order valence-electron chi connectivity index (χ1n) is 10.1. The van der Waals surface area contributed by atoms with E-state index in [-0.39, 0.29) is 5.91 Å². The van der Waals surface area contributed by atoms with E-state index < -0.39 is 0 Å². The Morgan fingerprint density at radius 3 is 2.56 bits per heavy atom. The maximum absolute atomic E-state index is 12.2. The third kappa shape index (κ3) is 6.12. The number of benzene rings is 1. The molecule has 0 saturated carbocycles. The Bertz CT molecular complexity index is 534. The number of hydrogen-bond donors (Lipinski definition) is 2. The van der Waals surface area contributed by atoms with Crippen molar-refractivity contribution in [3.05, 3.63) is 35.4 Å². The van der Waals surface area contributed by atoms with Crippen LogP contribution in [0, 0.1) is 5.92 Å². The molecule has 2 aliphatic heterocycles. The summed E-state index contributed by atoms with van der Waals surface area (Å²) < 4.78 is 0. The summed E-state index contributed by atoms with van der Waals surface area (Å²) in [6.45, 7) is 6.30. The Kier molecular flexibility index (Phi) is 7.31. The molecule has 25 heavy (non-hydrogen) atoms. The third-order valence-electron chi connectivity index (χ3n) is 5.68. The van der Waals surface area contributed by atoms with Gasteiger partial charge < -0.3 is 10.6 Å². The summed E-state index contributed by atoms with van der Waals surface area (Å²) in [6.07, 6.45) is 8.12. The first kappa shape index (κ1) is 18.4. The molecule has 0 bridgehead atoms. The highest BCUT2D eigenvalue weighted by molar-refractivity contribution is 5.75. The highest BCUT2D eigenvalue weighted by Crippen LogP contribution is 2.18. The zero-order valence-corrected chi connectivity index (χ0v) is 15.4. The number of nitrogens with zero attached hydrogens (tertiary/aromatic N) is 1. The highest BCUT2D eigenvalue weighted by atomic mass is 16.1. The zero-order valence-electron chi connectivity index (χ0n) is 15.4. The van der Waals surface area contributed by atoms with Crippen molar-refractivity contribution in [2.45, 2.75) is 58.0 Å². The standard InChI is InChI=1S/C21H33N3O/c25-21(9-8-18-10-12-22-13-11-18)23-16-19-6-2-3-7-20(19)17-24-14-4-1-5-15-24/h2-3,6-7,18,22H,1,4-5,8-17H2,(H,23,25). The fourth-order valence-corrected chi connectivity index (χ4v) is 4.03. The van der Waals surface area contributed by atoms with E-state index in [2.05, 4.69) is 39.8 Å². The van der Waals surface area contributed by atoms with Crippen LogP contribution in [0.25, 0.3) is 0 Å². The molecule has 0 unspecified atom stereocenters. The average molecular weight is 344 g/mol. The van der Waals surface area contributed by atoms with E-state index in [0.29, 0.717) is 13.0 Å². The number of likely N-dealkylation sites (tertiary alicyclic amines) is 1. The second-order valence-electron chi connectivity index (χ2n) is 7.61. The second kappa shape index (κ2) is 9.93. The summed E-state index contributed by atoms with van der Waals surface area (Å²) in [5.41, 5.74) is 2.63. The fraction of sp³-hybridized carbons (Fsp3) is 0.667. The summed E-state index contributed by atoms with van der Waals surface area (Å²) in [6, 6.07) is 8.56. The maximum Gasteiger partial charge on any atom is 0.220 e. The maximum atomic E-state index is 12.2. The summed E-state index contributed by atoms with van der Waals surface area (Å²) in [7, 11) is 0. The summed E-state index contributed by atoms with van der Waals surface area (Å²) in [4.78, 5) is 14.8. The molecule has 1 aromatic carbocycles. The van der Waals surface area contributed by atoms with E-state index >= 15 is 0 Å². The Morgan fingerprint density at radius 1 is 1.08 bits per heavy atom. The number of amides is 1. The molecule has 1 aromatic rings. The van der Waals surface area contributed by atoms with Crippen molar-refractivity contribution < 1.29 is 4.79 Å². The van der Waals surface area contributed by atoms with Gasteiger partial charge in [-0.15, -0.1) is 0 Å². The van der Waals surface area contributed by atoms with Gasteiger partial charge in [0.2, 0.25) is 5.91 Å². The smallest absolute Gasteiger partial charge is 0.220 e. The number of rotatable bonds is 7. The number of nitrogens with one attached hydrogen (secondary N) is 2.